The van der Waals surface area contributed by atoms with Crippen LogP contribution in [-0.4, -0.2) is 23.9 Å². The van der Waals surface area contributed by atoms with Crippen LogP contribution in [0.25, 0.3) is 0 Å². The summed E-state index contributed by atoms with van der Waals surface area (Å²) in [6.07, 6.45) is 0.877. The summed E-state index contributed by atoms with van der Waals surface area (Å²) in [4.78, 5) is 15.4. The summed E-state index contributed by atoms with van der Waals surface area (Å²) in [6, 6.07) is 11.4. The van der Waals surface area contributed by atoms with E-state index in [4.69, 9.17) is 5.73 Å². The minimum Gasteiger partial charge on any atom is -0.399 e. The molecule has 1 amide bonds. The van der Waals surface area contributed by atoms with Gasteiger partial charge < -0.3 is 10.6 Å². The van der Waals surface area contributed by atoms with Crippen LogP contribution >= 0.6 is 11.3 Å². The fourth-order valence-electron chi connectivity index (χ4n) is 1.93. The number of benzene rings is 1. The lowest BCUT2D eigenvalue weighted by atomic mass is 10.1. The van der Waals surface area contributed by atoms with Gasteiger partial charge in [-0.3, -0.25) is 4.79 Å². The van der Waals surface area contributed by atoms with Crippen molar-refractivity contribution in [3.8, 4) is 0 Å². The molecule has 2 N–H and O–H groups in total. The first-order valence-electron chi connectivity index (χ1n) is 6.23. The Morgan fingerprint density at radius 1 is 1.37 bits per heavy atom. The molecule has 3 nitrogen and oxygen atoms in total. The van der Waals surface area contributed by atoms with E-state index in [0.29, 0.717) is 11.3 Å². The molecule has 1 unspecified atom stereocenters. The molecule has 0 aliphatic rings. The lowest BCUT2D eigenvalue weighted by Crippen LogP contribution is -2.36. The molecule has 100 valence electrons. The Kier molecular flexibility index (Phi) is 4.22. The van der Waals surface area contributed by atoms with Gasteiger partial charge in [-0.25, -0.2) is 0 Å². The fourth-order valence-corrected chi connectivity index (χ4v) is 2.76. The molecule has 4 heteroatoms. The summed E-state index contributed by atoms with van der Waals surface area (Å²) in [5.41, 5.74) is 6.97. The van der Waals surface area contributed by atoms with Crippen LogP contribution in [0.2, 0.25) is 0 Å². The lowest BCUT2D eigenvalue weighted by molar-refractivity contribution is 0.0744. The Morgan fingerprint density at radius 3 is 2.79 bits per heavy atom. The van der Waals surface area contributed by atoms with E-state index < -0.39 is 0 Å². The van der Waals surface area contributed by atoms with Crippen LogP contribution < -0.4 is 5.73 Å². The quantitative estimate of drug-likeness (QED) is 0.871. The van der Waals surface area contributed by atoms with Crippen LogP contribution in [0.1, 0.15) is 22.2 Å². The fraction of sp³-hybridized carbons (Fsp3) is 0.267. The first-order chi connectivity index (χ1) is 9.08. The molecular weight excluding hydrogens is 256 g/mol. The molecule has 0 radical (unpaired) electrons. The highest BCUT2D eigenvalue weighted by Crippen LogP contribution is 2.16. The molecule has 0 aliphatic heterocycles. The van der Waals surface area contributed by atoms with E-state index in [1.807, 2.05) is 13.1 Å². The highest BCUT2D eigenvalue weighted by Gasteiger charge is 2.18. The van der Waals surface area contributed by atoms with E-state index in [0.717, 1.165) is 6.42 Å². The minimum absolute atomic E-state index is 0.0105. The zero-order valence-electron chi connectivity index (χ0n) is 11.2. The highest BCUT2D eigenvalue weighted by molar-refractivity contribution is 7.09. The first kappa shape index (κ1) is 13.6. The molecule has 0 spiro atoms. The third kappa shape index (κ3) is 3.35. The van der Waals surface area contributed by atoms with Crippen molar-refractivity contribution >= 4 is 22.9 Å². The molecule has 1 aromatic heterocycles. The zero-order chi connectivity index (χ0) is 13.8. The minimum atomic E-state index is 0.0105. The Balaban J connectivity index is 2.06. The second-order valence-electron chi connectivity index (χ2n) is 4.67. The number of hydrogen-bond donors (Lipinski definition) is 1. The number of likely N-dealkylation sites (N-methyl/N-ethyl adjacent to an activating group) is 1. The molecule has 1 aromatic carbocycles. The molecule has 0 aliphatic carbocycles. The molecule has 0 saturated heterocycles. The molecule has 2 aromatic rings. The van der Waals surface area contributed by atoms with E-state index in [1.54, 1.807) is 40.5 Å². The van der Waals surface area contributed by atoms with Crippen molar-refractivity contribution in [2.45, 2.75) is 19.4 Å². The summed E-state index contributed by atoms with van der Waals surface area (Å²) in [6.45, 7) is 2.06. The number of nitrogen functional groups attached to an aromatic ring is 1. The van der Waals surface area contributed by atoms with Gasteiger partial charge in [0.1, 0.15) is 0 Å². The Labute approximate surface area is 117 Å². The molecule has 0 bridgehead atoms. The van der Waals surface area contributed by atoms with Gasteiger partial charge in [-0.15, -0.1) is 11.3 Å². The van der Waals surface area contributed by atoms with Crippen LogP contribution in [0.3, 0.4) is 0 Å². The number of rotatable bonds is 4. The first-order valence-corrected chi connectivity index (χ1v) is 7.11. The largest absolute Gasteiger partial charge is 0.399 e. The number of nitrogens with two attached hydrogens (primary N) is 1. The average molecular weight is 274 g/mol. The van der Waals surface area contributed by atoms with E-state index in [1.165, 1.54) is 4.88 Å². The standard InChI is InChI=1S/C15H18N2OS/c1-11(9-14-7-4-8-19-14)17(2)15(18)12-5-3-6-13(16)10-12/h3-8,10-11H,9,16H2,1-2H3. The Bertz CT molecular complexity index is 551. The van der Waals surface area contributed by atoms with Gasteiger partial charge in [0, 0.05) is 35.6 Å². The summed E-state index contributed by atoms with van der Waals surface area (Å²) in [5.74, 6) is 0.0105. The van der Waals surface area contributed by atoms with Crippen LogP contribution in [0.5, 0.6) is 0 Å². The number of carbonyl (C=O) groups excluding carboxylic acids is 1. The number of carbonyl (C=O) groups is 1. The van der Waals surface area contributed by atoms with Crippen LogP contribution in [0.15, 0.2) is 41.8 Å². The van der Waals surface area contributed by atoms with Gasteiger partial charge in [-0.1, -0.05) is 12.1 Å². The topological polar surface area (TPSA) is 46.3 Å². The van der Waals surface area contributed by atoms with Gasteiger partial charge >= 0.3 is 0 Å². The molecule has 2 rings (SSSR count). The van der Waals surface area contributed by atoms with Gasteiger partial charge in [0.25, 0.3) is 5.91 Å². The monoisotopic (exact) mass is 274 g/mol. The van der Waals surface area contributed by atoms with E-state index in [9.17, 15) is 4.79 Å². The number of amides is 1. The van der Waals surface area contributed by atoms with Crippen molar-refractivity contribution in [3.63, 3.8) is 0 Å². The Morgan fingerprint density at radius 2 is 2.16 bits per heavy atom. The van der Waals surface area contributed by atoms with E-state index >= 15 is 0 Å². The van der Waals surface area contributed by atoms with Gasteiger partial charge in [-0.05, 0) is 36.6 Å². The van der Waals surface area contributed by atoms with Crippen LogP contribution in [0, 0.1) is 0 Å². The maximum Gasteiger partial charge on any atom is 0.253 e. The molecular formula is C15H18N2OS. The number of nitrogens with zero attached hydrogens (tertiary/aromatic N) is 1. The smallest absolute Gasteiger partial charge is 0.253 e. The maximum absolute atomic E-state index is 12.3. The second kappa shape index (κ2) is 5.89. The van der Waals surface area contributed by atoms with Gasteiger partial charge in [-0.2, -0.15) is 0 Å². The molecule has 1 atom stereocenters. The molecule has 19 heavy (non-hydrogen) atoms. The van der Waals surface area contributed by atoms with Crippen LogP contribution in [-0.2, 0) is 6.42 Å². The van der Waals surface area contributed by atoms with Crippen molar-refractivity contribution in [1.29, 1.82) is 0 Å². The molecule has 1 heterocycles. The van der Waals surface area contributed by atoms with E-state index in [2.05, 4.69) is 18.4 Å². The lowest BCUT2D eigenvalue weighted by Gasteiger charge is -2.24. The summed E-state index contributed by atoms with van der Waals surface area (Å²) in [7, 11) is 1.84. The number of anilines is 1. The zero-order valence-corrected chi connectivity index (χ0v) is 12.0. The summed E-state index contributed by atoms with van der Waals surface area (Å²) < 4.78 is 0. The van der Waals surface area contributed by atoms with Crippen molar-refractivity contribution in [2.24, 2.45) is 0 Å². The highest BCUT2D eigenvalue weighted by atomic mass is 32.1. The normalized spacial score (nSPS) is 12.1. The predicted octanol–water partition coefficient (Wildman–Crippen LogP) is 3.03. The van der Waals surface area contributed by atoms with E-state index in [-0.39, 0.29) is 11.9 Å². The van der Waals surface area contributed by atoms with Gasteiger partial charge in [0.2, 0.25) is 0 Å². The van der Waals surface area contributed by atoms with Crippen LogP contribution in [0.4, 0.5) is 5.69 Å². The second-order valence-corrected chi connectivity index (χ2v) is 5.71. The average Bonchev–Trinajstić information content (AvgIpc) is 2.89. The van der Waals surface area contributed by atoms with Crippen molar-refractivity contribution in [3.05, 3.63) is 52.2 Å². The summed E-state index contributed by atoms with van der Waals surface area (Å²) in [5, 5.41) is 2.06. The molecule has 0 saturated carbocycles. The summed E-state index contributed by atoms with van der Waals surface area (Å²) >= 11 is 1.72. The SMILES string of the molecule is CC(Cc1cccs1)N(C)C(=O)c1cccc(N)c1. The predicted molar refractivity (Wildman–Crippen MR) is 80.4 cm³/mol. The van der Waals surface area contributed by atoms with Crippen molar-refractivity contribution in [1.82, 2.24) is 4.90 Å². The number of hydrogen-bond acceptors (Lipinski definition) is 3. The maximum atomic E-state index is 12.3. The third-order valence-electron chi connectivity index (χ3n) is 3.19. The van der Waals surface area contributed by atoms with Gasteiger partial charge in [0.05, 0.1) is 0 Å². The van der Waals surface area contributed by atoms with Gasteiger partial charge in [0.15, 0.2) is 0 Å². The molecule has 0 fully saturated rings. The third-order valence-corrected chi connectivity index (χ3v) is 4.09. The van der Waals surface area contributed by atoms with Crippen molar-refractivity contribution < 1.29 is 4.79 Å². The number of thiophene rings is 1. The Hall–Kier alpha value is -1.81. The van der Waals surface area contributed by atoms with Crippen molar-refractivity contribution in [2.75, 3.05) is 12.8 Å².